The minimum absolute atomic E-state index is 0.516. The topological polar surface area (TPSA) is 51.3 Å². The number of nitrogens with zero attached hydrogens (tertiary/aromatic N) is 3. The summed E-state index contributed by atoms with van der Waals surface area (Å²) in [5, 5.41) is 4.04. The van der Waals surface area contributed by atoms with Crippen molar-refractivity contribution < 1.29 is 4.52 Å². The lowest BCUT2D eigenvalue weighted by Gasteiger charge is -1.98. The highest BCUT2D eigenvalue weighted by molar-refractivity contribution is 9.10. The zero-order valence-corrected chi connectivity index (χ0v) is 12.5. The number of halogens is 1. The van der Waals surface area contributed by atoms with Gasteiger partial charge in [0.25, 0.3) is 5.89 Å². The zero-order valence-electron chi connectivity index (χ0n) is 10.9. The number of allylic oxidation sites excluding steroid dienone is 3. The van der Waals surface area contributed by atoms with Crippen molar-refractivity contribution in [2.75, 3.05) is 6.54 Å². The Morgan fingerprint density at radius 3 is 2.95 bits per heavy atom. The maximum atomic E-state index is 5.36. The lowest BCUT2D eigenvalue weighted by atomic mass is 10.1. The quantitative estimate of drug-likeness (QED) is 0.841. The molecular formula is C15H12BrN3O. The Morgan fingerprint density at radius 1 is 1.20 bits per heavy atom. The molecule has 1 aliphatic rings. The number of hydrogen-bond donors (Lipinski definition) is 0. The van der Waals surface area contributed by atoms with E-state index in [0.717, 1.165) is 21.2 Å². The number of aromatic nitrogens is 2. The van der Waals surface area contributed by atoms with Crippen molar-refractivity contribution in [1.82, 2.24) is 10.1 Å². The third kappa shape index (κ3) is 2.77. The van der Waals surface area contributed by atoms with Gasteiger partial charge in [-0.25, -0.2) is 0 Å². The lowest BCUT2D eigenvalue weighted by molar-refractivity contribution is 0.428. The summed E-state index contributed by atoms with van der Waals surface area (Å²) < 4.78 is 6.35. The van der Waals surface area contributed by atoms with Crippen molar-refractivity contribution in [3.63, 3.8) is 0 Å². The Hall–Kier alpha value is -2.01. The van der Waals surface area contributed by atoms with Crippen LogP contribution in [0.5, 0.6) is 0 Å². The monoisotopic (exact) mass is 329 g/mol. The number of benzene rings is 1. The first-order chi connectivity index (χ1) is 9.72. The first-order valence-electron chi connectivity index (χ1n) is 6.20. The maximum Gasteiger partial charge on any atom is 0.258 e. The largest absolute Gasteiger partial charge is 0.334 e. The van der Waals surface area contributed by atoms with Gasteiger partial charge in [-0.3, -0.25) is 4.99 Å². The van der Waals surface area contributed by atoms with Gasteiger partial charge in [-0.05, 0) is 36.8 Å². The van der Waals surface area contributed by atoms with E-state index in [1.165, 1.54) is 0 Å². The van der Waals surface area contributed by atoms with E-state index in [2.05, 4.69) is 31.1 Å². The van der Waals surface area contributed by atoms with E-state index in [1.807, 2.05) is 43.4 Å². The molecule has 2 heterocycles. The van der Waals surface area contributed by atoms with Gasteiger partial charge in [0.2, 0.25) is 5.82 Å². The highest BCUT2D eigenvalue weighted by Gasteiger charge is 2.13. The summed E-state index contributed by atoms with van der Waals surface area (Å²) in [6, 6.07) is 6.01. The molecule has 0 unspecified atom stereocenters. The van der Waals surface area contributed by atoms with E-state index >= 15 is 0 Å². The number of hydrogen-bond acceptors (Lipinski definition) is 4. The van der Waals surface area contributed by atoms with E-state index in [-0.39, 0.29) is 0 Å². The summed E-state index contributed by atoms with van der Waals surface area (Å²) in [7, 11) is 0. The van der Waals surface area contributed by atoms with Crippen LogP contribution in [0.4, 0.5) is 0 Å². The Bertz CT molecular complexity index is 708. The standard InChI is InChI=1S/C15H12BrN3O/c1-10-6-12(8-13(16)7-10)15-18-14(19-20-15)11-4-2-3-5-17-9-11/h2-8H,9H2,1H3. The minimum atomic E-state index is 0.516. The molecular weight excluding hydrogens is 318 g/mol. The summed E-state index contributed by atoms with van der Waals surface area (Å²) in [6.07, 6.45) is 7.52. The molecule has 20 heavy (non-hydrogen) atoms. The molecule has 0 saturated heterocycles. The smallest absolute Gasteiger partial charge is 0.258 e. The fourth-order valence-corrected chi connectivity index (χ4v) is 2.57. The molecule has 100 valence electrons. The molecule has 0 radical (unpaired) electrons. The Labute approximate surface area is 125 Å². The van der Waals surface area contributed by atoms with Gasteiger partial charge in [-0.1, -0.05) is 33.2 Å². The van der Waals surface area contributed by atoms with Gasteiger partial charge in [-0.15, -0.1) is 0 Å². The van der Waals surface area contributed by atoms with Crippen LogP contribution in [-0.4, -0.2) is 22.9 Å². The molecule has 0 bridgehead atoms. The van der Waals surface area contributed by atoms with Crippen molar-refractivity contribution in [3.8, 4) is 11.5 Å². The average molecular weight is 330 g/mol. The van der Waals surface area contributed by atoms with Gasteiger partial charge >= 0.3 is 0 Å². The predicted octanol–water partition coefficient (Wildman–Crippen LogP) is 3.83. The van der Waals surface area contributed by atoms with Crippen LogP contribution in [-0.2, 0) is 0 Å². The van der Waals surface area contributed by atoms with Crippen LogP contribution in [0.25, 0.3) is 17.0 Å². The summed E-state index contributed by atoms with van der Waals surface area (Å²) >= 11 is 3.47. The zero-order chi connectivity index (χ0) is 13.9. The molecule has 4 nitrogen and oxygen atoms in total. The average Bonchev–Trinajstić information content (AvgIpc) is 2.74. The van der Waals surface area contributed by atoms with E-state index in [4.69, 9.17) is 4.52 Å². The summed E-state index contributed by atoms with van der Waals surface area (Å²) in [6.45, 7) is 2.59. The maximum absolute atomic E-state index is 5.36. The molecule has 0 spiro atoms. The molecule has 1 aromatic heterocycles. The first kappa shape index (κ1) is 13.0. The third-order valence-corrected chi connectivity index (χ3v) is 3.32. The Balaban J connectivity index is 1.95. The van der Waals surface area contributed by atoms with Gasteiger partial charge in [-0.2, -0.15) is 4.98 Å². The van der Waals surface area contributed by atoms with Gasteiger partial charge in [0.15, 0.2) is 0 Å². The predicted molar refractivity (Wildman–Crippen MR) is 82.6 cm³/mol. The van der Waals surface area contributed by atoms with Crippen molar-refractivity contribution in [3.05, 3.63) is 52.3 Å². The molecule has 1 aliphatic heterocycles. The van der Waals surface area contributed by atoms with Crippen LogP contribution in [0.1, 0.15) is 11.4 Å². The molecule has 5 heteroatoms. The SMILES string of the molecule is Cc1cc(Br)cc(-c2nc(C3=CC=CC=NC3)no2)c1. The van der Waals surface area contributed by atoms with Crippen molar-refractivity contribution in [2.45, 2.75) is 6.92 Å². The van der Waals surface area contributed by atoms with E-state index in [9.17, 15) is 0 Å². The third-order valence-electron chi connectivity index (χ3n) is 2.86. The van der Waals surface area contributed by atoms with E-state index in [1.54, 1.807) is 6.21 Å². The summed E-state index contributed by atoms with van der Waals surface area (Å²) in [4.78, 5) is 8.68. The summed E-state index contributed by atoms with van der Waals surface area (Å²) in [5.41, 5.74) is 2.98. The Morgan fingerprint density at radius 2 is 2.10 bits per heavy atom. The van der Waals surface area contributed by atoms with E-state index in [0.29, 0.717) is 18.3 Å². The van der Waals surface area contributed by atoms with Crippen LogP contribution in [0.3, 0.4) is 0 Å². The second kappa shape index (κ2) is 5.54. The van der Waals surface area contributed by atoms with Gasteiger partial charge in [0.05, 0.1) is 6.54 Å². The fourth-order valence-electron chi connectivity index (χ4n) is 1.96. The van der Waals surface area contributed by atoms with Crippen LogP contribution in [0.15, 0.2) is 50.4 Å². The van der Waals surface area contributed by atoms with Crippen LogP contribution in [0.2, 0.25) is 0 Å². The highest BCUT2D eigenvalue weighted by atomic mass is 79.9. The van der Waals surface area contributed by atoms with Crippen LogP contribution >= 0.6 is 15.9 Å². The molecule has 0 N–H and O–H groups in total. The molecule has 0 fully saturated rings. The molecule has 0 atom stereocenters. The lowest BCUT2D eigenvalue weighted by Crippen LogP contribution is -1.91. The van der Waals surface area contributed by atoms with E-state index < -0.39 is 0 Å². The molecule has 1 aromatic carbocycles. The minimum Gasteiger partial charge on any atom is -0.334 e. The highest BCUT2D eigenvalue weighted by Crippen LogP contribution is 2.25. The number of rotatable bonds is 2. The molecule has 3 rings (SSSR count). The van der Waals surface area contributed by atoms with Crippen molar-refractivity contribution in [2.24, 2.45) is 4.99 Å². The van der Waals surface area contributed by atoms with Gasteiger partial charge < -0.3 is 4.52 Å². The molecule has 2 aromatic rings. The number of aliphatic imine (C=N–C) groups is 1. The molecule has 0 aliphatic carbocycles. The van der Waals surface area contributed by atoms with Crippen molar-refractivity contribution in [1.29, 1.82) is 0 Å². The fraction of sp³-hybridized carbons (Fsp3) is 0.133. The Kier molecular flexibility index (Phi) is 3.60. The summed E-state index contributed by atoms with van der Waals surface area (Å²) in [5.74, 6) is 1.10. The molecule has 0 saturated carbocycles. The normalized spacial score (nSPS) is 14.2. The molecule has 0 amide bonds. The van der Waals surface area contributed by atoms with Crippen LogP contribution in [0, 0.1) is 6.92 Å². The van der Waals surface area contributed by atoms with Crippen LogP contribution < -0.4 is 0 Å². The van der Waals surface area contributed by atoms with Gasteiger partial charge in [0.1, 0.15) is 0 Å². The van der Waals surface area contributed by atoms with Crippen molar-refractivity contribution >= 4 is 27.7 Å². The second-order valence-electron chi connectivity index (χ2n) is 4.51. The second-order valence-corrected chi connectivity index (χ2v) is 5.42. The number of aryl methyl sites for hydroxylation is 1. The first-order valence-corrected chi connectivity index (χ1v) is 6.99. The van der Waals surface area contributed by atoms with Gasteiger partial charge in [0, 0.05) is 21.8 Å².